The summed E-state index contributed by atoms with van der Waals surface area (Å²) in [5.74, 6) is -0.653. The van der Waals surface area contributed by atoms with Crippen LogP contribution in [0.5, 0.6) is 0 Å². The normalized spacial score (nSPS) is 10.4. The highest BCUT2D eigenvalue weighted by molar-refractivity contribution is 9.10. The van der Waals surface area contributed by atoms with Gasteiger partial charge in [0, 0.05) is 17.6 Å². The lowest BCUT2D eigenvalue weighted by molar-refractivity contribution is 0.202. The Balaban J connectivity index is 2.19. The van der Waals surface area contributed by atoms with Crippen LogP contribution in [0.4, 0.5) is 26.2 Å². The lowest BCUT2D eigenvalue weighted by Crippen LogP contribution is -2.29. The zero-order valence-electron chi connectivity index (χ0n) is 12.5. The Morgan fingerprint density at radius 2 is 1.96 bits per heavy atom. The number of anilines is 3. The predicted molar refractivity (Wildman–Crippen MR) is 93.3 cm³/mol. The Morgan fingerprint density at radius 3 is 2.52 bits per heavy atom. The van der Waals surface area contributed by atoms with E-state index in [0.29, 0.717) is 6.54 Å². The SMILES string of the molecule is CCN(C(=O)O)c1ccc(NCc2ccc(Br)cc2)c(F)c1N. The van der Waals surface area contributed by atoms with Crippen molar-refractivity contribution >= 4 is 39.1 Å². The maximum Gasteiger partial charge on any atom is 0.411 e. The van der Waals surface area contributed by atoms with E-state index in [0.717, 1.165) is 14.9 Å². The third kappa shape index (κ3) is 3.92. The van der Waals surface area contributed by atoms with Gasteiger partial charge < -0.3 is 16.2 Å². The predicted octanol–water partition coefficient (Wildman–Crippen LogP) is 4.29. The minimum atomic E-state index is -1.17. The van der Waals surface area contributed by atoms with Gasteiger partial charge in [-0.15, -0.1) is 0 Å². The monoisotopic (exact) mass is 381 g/mol. The molecule has 0 aliphatic heterocycles. The minimum Gasteiger partial charge on any atom is -0.465 e. The molecule has 0 aromatic heterocycles. The van der Waals surface area contributed by atoms with Gasteiger partial charge in [0.25, 0.3) is 0 Å². The number of hydrogen-bond acceptors (Lipinski definition) is 3. The molecule has 1 amide bonds. The number of rotatable bonds is 5. The molecule has 2 aromatic rings. The Kier molecular flexibility index (Phi) is 5.44. The van der Waals surface area contributed by atoms with E-state index in [9.17, 15) is 9.18 Å². The Bertz CT molecular complexity index is 707. The Labute approximate surface area is 142 Å². The molecule has 0 fully saturated rings. The van der Waals surface area contributed by atoms with Crippen molar-refractivity contribution in [1.29, 1.82) is 0 Å². The molecule has 0 bridgehead atoms. The zero-order valence-corrected chi connectivity index (χ0v) is 14.1. The van der Waals surface area contributed by atoms with Crippen LogP contribution in [0.1, 0.15) is 12.5 Å². The third-order valence-electron chi connectivity index (χ3n) is 3.39. The second-order valence-electron chi connectivity index (χ2n) is 4.87. The molecule has 0 aliphatic rings. The van der Waals surface area contributed by atoms with Crippen LogP contribution >= 0.6 is 15.9 Å². The number of nitrogens with zero attached hydrogens (tertiary/aromatic N) is 1. The van der Waals surface area contributed by atoms with Crippen LogP contribution in [0, 0.1) is 5.82 Å². The van der Waals surface area contributed by atoms with Crippen LogP contribution in [-0.4, -0.2) is 17.7 Å². The molecular formula is C16H17BrFN3O2. The lowest BCUT2D eigenvalue weighted by Gasteiger charge is -2.20. The number of hydrogen-bond donors (Lipinski definition) is 3. The highest BCUT2D eigenvalue weighted by atomic mass is 79.9. The van der Waals surface area contributed by atoms with E-state index in [-0.39, 0.29) is 23.6 Å². The van der Waals surface area contributed by atoms with Gasteiger partial charge in [-0.05, 0) is 36.8 Å². The van der Waals surface area contributed by atoms with Gasteiger partial charge in [-0.1, -0.05) is 28.1 Å². The van der Waals surface area contributed by atoms with Gasteiger partial charge in [0.05, 0.1) is 17.1 Å². The summed E-state index contributed by atoms with van der Waals surface area (Å²) in [4.78, 5) is 12.1. The molecule has 5 nitrogen and oxygen atoms in total. The van der Waals surface area contributed by atoms with Crippen molar-refractivity contribution in [2.45, 2.75) is 13.5 Å². The third-order valence-corrected chi connectivity index (χ3v) is 3.92. The topological polar surface area (TPSA) is 78.6 Å². The second kappa shape index (κ2) is 7.32. The summed E-state index contributed by atoms with van der Waals surface area (Å²) in [5, 5.41) is 12.1. The highest BCUT2D eigenvalue weighted by Gasteiger charge is 2.19. The number of carbonyl (C=O) groups is 1. The first-order valence-electron chi connectivity index (χ1n) is 7.00. The van der Waals surface area contributed by atoms with Crippen molar-refractivity contribution < 1.29 is 14.3 Å². The van der Waals surface area contributed by atoms with E-state index in [4.69, 9.17) is 10.8 Å². The number of amides is 1. The number of benzene rings is 2. The second-order valence-corrected chi connectivity index (χ2v) is 5.78. The summed E-state index contributed by atoms with van der Waals surface area (Å²) in [6.07, 6.45) is -1.17. The van der Waals surface area contributed by atoms with E-state index in [1.165, 1.54) is 12.1 Å². The van der Waals surface area contributed by atoms with Crippen LogP contribution in [0.15, 0.2) is 40.9 Å². The van der Waals surface area contributed by atoms with Gasteiger partial charge in [0.1, 0.15) is 0 Å². The molecule has 7 heteroatoms. The highest BCUT2D eigenvalue weighted by Crippen LogP contribution is 2.31. The molecule has 0 saturated heterocycles. The van der Waals surface area contributed by atoms with Gasteiger partial charge in [0.2, 0.25) is 0 Å². The van der Waals surface area contributed by atoms with Crippen LogP contribution in [0.3, 0.4) is 0 Å². The van der Waals surface area contributed by atoms with E-state index in [1.807, 2.05) is 24.3 Å². The van der Waals surface area contributed by atoms with Crippen molar-refractivity contribution in [3.05, 3.63) is 52.3 Å². The summed E-state index contributed by atoms with van der Waals surface area (Å²) in [5.41, 5.74) is 6.93. The van der Waals surface area contributed by atoms with Crippen LogP contribution in [0.2, 0.25) is 0 Å². The lowest BCUT2D eigenvalue weighted by atomic mass is 10.2. The van der Waals surface area contributed by atoms with Gasteiger partial charge in [-0.25, -0.2) is 9.18 Å². The summed E-state index contributed by atoms with van der Waals surface area (Å²) in [7, 11) is 0. The maximum absolute atomic E-state index is 14.4. The summed E-state index contributed by atoms with van der Waals surface area (Å²) in [6, 6.07) is 10.6. The summed E-state index contributed by atoms with van der Waals surface area (Å²) in [6.45, 7) is 2.27. The first-order valence-corrected chi connectivity index (χ1v) is 7.80. The molecule has 2 aromatic carbocycles. The van der Waals surface area contributed by atoms with Gasteiger partial charge >= 0.3 is 6.09 Å². The number of halogens is 2. The molecule has 0 aliphatic carbocycles. The van der Waals surface area contributed by atoms with E-state index < -0.39 is 11.9 Å². The first kappa shape index (κ1) is 17.1. The van der Waals surface area contributed by atoms with Crippen LogP contribution in [0.25, 0.3) is 0 Å². The standard InChI is InChI=1S/C16H17BrFN3O2/c1-2-21(16(22)23)13-8-7-12(14(18)15(13)19)20-9-10-3-5-11(17)6-4-10/h3-8,20H,2,9,19H2,1H3,(H,22,23). The molecule has 0 heterocycles. The van der Waals surface area contributed by atoms with Crippen molar-refractivity contribution in [1.82, 2.24) is 0 Å². The van der Waals surface area contributed by atoms with Crippen LogP contribution < -0.4 is 16.0 Å². The minimum absolute atomic E-state index is 0.145. The molecular weight excluding hydrogens is 365 g/mol. The van der Waals surface area contributed by atoms with Gasteiger partial charge in [-0.3, -0.25) is 4.90 Å². The number of carboxylic acid groups (broad SMARTS) is 1. The fourth-order valence-corrected chi connectivity index (χ4v) is 2.43. The smallest absolute Gasteiger partial charge is 0.411 e. The van der Waals surface area contributed by atoms with Crippen molar-refractivity contribution in [2.75, 3.05) is 22.5 Å². The molecule has 122 valence electrons. The quantitative estimate of drug-likeness (QED) is 0.675. The number of nitrogens with two attached hydrogens (primary N) is 1. The molecule has 23 heavy (non-hydrogen) atoms. The van der Waals surface area contributed by atoms with E-state index in [1.54, 1.807) is 6.92 Å². The fourth-order valence-electron chi connectivity index (χ4n) is 2.16. The van der Waals surface area contributed by atoms with Crippen molar-refractivity contribution in [3.8, 4) is 0 Å². The molecule has 4 N–H and O–H groups in total. The molecule has 0 saturated carbocycles. The van der Waals surface area contributed by atoms with E-state index >= 15 is 0 Å². The van der Waals surface area contributed by atoms with Crippen molar-refractivity contribution in [3.63, 3.8) is 0 Å². The molecule has 0 atom stereocenters. The fraction of sp³-hybridized carbons (Fsp3) is 0.188. The molecule has 0 spiro atoms. The Morgan fingerprint density at radius 1 is 1.30 bits per heavy atom. The van der Waals surface area contributed by atoms with Gasteiger partial charge in [0.15, 0.2) is 5.82 Å². The van der Waals surface area contributed by atoms with Crippen molar-refractivity contribution in [2.24, 2.45) is 0 Å². The molecule has 0 unspecified atom stereocenters. The Hall–Kier alpha value is -2.28. The number of nitrogens with one attached hydrogen (secondary N) is 1. The molecule has 2 rings (SSSR count). The maximum atomic E-state index is 14.4. The summed E-state index contributed by atoms with van der Waals surface area (Å²) >= 11 is 3.35. The summed E-state index contributed by atoms with van der Waals surface area (Å²) < 4.78 is 15.3. The van der Waals surface area contributed by atoms with Crippen LogP contribution in [-0.2, 0) is 6.54 Å². The van der Waals surface area contributed by atoms with E-state index in [2.05, 4.69) is 21.2 Å². The zero-order chi connectivity index (χ0) is 17.0. The molecule has 0 radical (unpaired) electrons. The van der Waals surface area contributed by atoms with Gasteiger partial charge in [-0.2, -0.15) is 0 Å². The first-order chi connectivity index (χ1) is 10.9. The largest absolute Gasteiger partial charge is 0.465 e. The number of nitrogen functional groups attached to an aromatic ring is 1. The average molecular weight is 382 g/mol. The average Bonchev–Trinajstić information content (AvgIpc) is 2.52.